The highest BCUT2D eigenvalue weighted by Crippen LogP contribution is 2.24. The van der Waals surface area contributed by atoms with Gasteiger partial charge in [-0.25, -0.2) is 0 Å². The number of hydrogen-bond donors (Lipinski definition) is 1. The monoisotopic (exact) mass is 402 g/mol. The van der Waals surface area contributed by atoms with Gasteiger partial charge in [0.2, 0.25) is 0 Å². The molecule has 0 radical (unpaired) electrons. The molecule has 1 aliphatic carbocycles. The third-order valence-corrected chi connectivity index (χ3v) is 3.72. The summed E-state index contributed by atoms with van der Waals surface area (Å²) in [6, 6.07) is 11.2. The summed E-state index contributed by atoms with van der Waals surface area (Å²) in [5.41, 5.74) is 7.31. The van der Waals surface area contributed by atoms with Gasteiger partial charge in [-0.05, 0) is 38.4 Å². The first-order valence-electron chi connectivity index (χ1n) is 7.42. The Kier molecular flexibility index (Phi) is 8.03. The van der Waals surface area contributed by atoms with Crippen LogP contribution in [0.4, 0.5) is 0 Å². The Morgan fingerprint density at radius 1 is 1.24 bits per heavy atom. The number of halogens is 1. The molecule has 21 heavy (non-hydrogen) atoms. The third-order valence-electron chi connectivity index (χ3n) is 3.72. The highest BCUT2D eigenvalue weighted by molar-refractivity contribution is 14.0. The molecule has 0 unspecified atom stereocenters. The fraction of sp³-hybridized carbons (Fsp3) is 0.562. The molecule has 2 N–H and O–H groups in total. The summed E-state index contributed by atoms with van der Waals surface area (Å²) < 4.78 is 0. The van der Waals surface area contributed by atoms with Crippen LogP contribution in [-0.2, 0) is 6.54 Å². The van der Waals surface area contributed by atoms with E-state index in [1.807, 2.05) is 7.05 Å². The van der Waals surface area contributed by atoms with Gasteiger partial charge in [0.15, 0.2) is 5.96 Å². The first-order valence-corrected chi connectivity index (χ1v) is 7.42. The average Bonchev–Trinajstić information content (AvgIpc) is 3.28. The highest BCUT2D eigenvalue weighted by Gasteiger charge is 2.27. The summed E-state index contributed by atoms with van der Waals surface area (Å²) in [5.74, 6) is 0.693. The van der Waals surface area contributed by atoms with Crippen molar-refractivity contribution in [2.75, 3.05) is 27.2 Å². The maximum Gasteiger partial charge on any atom is 0.191 e. The van der Waals surface area contributed by atoms with Crippen molar-refractivity contribution in [3.8, 4) is 0 Å². The van der Waals surface area contributed by atoms with Gasteiger partial charge >= 0.3 is 0 Å². The van der Waals surface area contributed by atoms with E-state index in [9.17, 15) is 0 Å². The summed E-state index contributed by atoms with van der Waals surface area (Å²) >= 11 is 0. The zero-order chi connectivity index (χ0) is 14.4. The van der Waals surface area contributed by atoms with Crippen molar-refractivity contribution in [2.45, 2.75) is 31.8 Å². The van der Waals surface area contributed by atoms with E-state index in [1.165, 1.54) is 18.4 Å². The summed E-state index contributed by atoms with van der Waals surface area (Å²) in [5, 5.41) is 0. The molecule has 0 saturated heterocycles. The quantitative estimate of drug-likeness (QED) is 0.330. The molecular weight excluding hydrogens is 375 g/mol. The van der Waals surface area contributed by atoms with E-state index in [2.05, 4.69) is 52.2 Å². The standard InChI is InChI=1S/C16H26N4.HI/c1-19(13-14-7-4-3-5-8-14)12-6-11-18-16(17)20(2)15-9-10-15;/h3-5,7-8,15H,6,9-13H2,1-2H3,(H2,17,18);1H. The van der Waals surface area contributed by atoms with Crippen LogP contribution < -0.4 is 5.73 Å². The van der Waals surface area contributed by atoms with E-state index in [0.717, 1.165) is 26.1 Å². The Hall–Kier alpha value is -0.820. The topological polar surface area (TPSA) is 44.9 Å². The summed E-state index contributed by atoms with van der Waals surface area (Å²) in [6.45, 7) is 2.84. The van der Waals surface area contributed by atoms with Gasteiger partial charge in [0.05, 0.1) is 0 Å². The lowest BCUT2D eigenvalue weighted by Crippen LogP contribution is -2.35. The summed E-state index contributed by atoms with van der Waals surface area (Å²) in [6.07, 6.45) is 3.56. The first-order chi connectivity index (χ1) is 9.66. The molecule has 0 bridgehead atoms. The molecule has 0 aliphatic heterocycles. The number of nitrogens with zero attached hydrogens (tertiary/aromatic N) is 3. The molecule has 1 aliphatic rings. The Morgan fingerprint density at radius 3 is 2.52 bits per heavy atom. The third kappa shape index (κ3) is 6.65. The minimum Gasteiger partial charge on any atom is -0.370 e. The van der Waals surface area contributed by atoms with Gasteiger partial charge in [0.25, 0.3) is 0 Å². The molecule has 0 heterocycles. The zero-order valence-electron chi connectivity index (χ0n) is 13.0. The number of benzene rings is 1. The van der Waals surface area contributed by atoms with E-state index >= 15 is 0 Å². The lowest BCUT2D eigenvalue weighted by Gasteiger charge is -2.18. The predicted molar refractivity (Wildman–Crippen MR) is 100 cm³/mol. The molecule has 1 saturated carbocycles. The van der Waals surface area contributed by atoms with Crippen LogP contribution in [0.15, 0.2) is 35.3 Å². The first kappa shape index (κ1) is 18.2. The van der Waals surface area contributed by atoms with Crippen molar-refractivity contribution in [3.05, 3.63) is 35.9 Å². The van der Waals surface area contributed by atoms with Crippen LogP contribution in [0.25, 0.3) is 0 Å². The number of hydrogen-bond acceptors (Lipinski definition) is 2. The van der Waals surface area contributed by atoms with Crippen molar-refractivity contribution in [1.82, 2.24) is 9.80 Å². The Morgan fingerprint density at radius 2 is 1.90 bits per heavy atom. The molecule has 5 heteroatoms. The van der Waals surface area contributed by atoms with E-state index < -0.39 is 0 Å². The molecule has 2 rings (SSSR count). The summed E-state index contributed by atoms with van der Waals surface area (Å²) in [4.78, 5) is 8.89. The Balaban J connectivity index is 0.00000220. The van der Waals surface area contributed by atoms with E-state index in [1.54, 1.807) is 0 Å². The van der Waals surface area contributed by atoms with Crippen LogP contribution in [-0.4, -0.2) is 49.0 Å². The second kappa shape index (κ2) is 9.25. The smallest absolute Gasteiger partial charge is 0.191 e. The van der Waals surface area contributed by atoms with Crippen LogP contribution >= 0.6 is 24.0 Å². The van der Waals surface area contributed by atoms with E-state index in [0.29, 0.717) is 12.0 Å². The predicted octanol–water partition coefficient (Wildman–Crippen LogP) is 2.54. The maximum atomic E-state index is 5.96. The van der Waals surface area contributed by atoms with Crippen LogP contribution in [0.2, 0.25) is 0 Å². The molecule has 118 valence electrons. The minimum absolute atomic E-state index is 0. The molecule has 0 aromatic heterocycles. The van der Waals surface area contributed by atoms with Crippen LogP contribution in [0, 0.1) is 0 Å². The maximum absolute atomic E-state index is 5.96. The molecule has 1 aromatic rings. The molecule has 0 amide bonds. The van der Waals surface area contributed by atoms with Crippen molar-refractivity contribution in [1.29, 1.82) is 0 Å². The number of guanidine groups is 1. The normalized spacial score (nSPS) is 14.9. The van der Waals surface area contributed by atoms with Crippen LogP contribution in [0.5, 0.6) is 0 Å². The fourth-order valence-electron chi connectivity index (χ4n) is 2.27. The molecule has 1 aromatic carbocycles. The summed E-state index contributed by atoms with van der Waals surface area (Å²) in [7, 11) is 4.19. The SMILES string of the molecule is CN(CCCN=C(N)N(C)C1CC1)Cc1ccccc1.I. The molecule has 1 fully saturated rings. The Bertz CT molecular complexity index is 431. The number of nitrogens with two attached hydrogens (primary N) is 1. The van der Waals surface area contributed by atoms with Gasteiger partial charge in [0, 0.05) is 26.2 Å². The second-order valence-electron chi connectivity index (χ2n) is 5.66. The largest absolute Gasteiger partial charge is 0.370 e. The van der Waals surface area contributed by atoms with Crippen LogP contribution in [0.1, 0.15) is 24.8 Å². The molecule has 4 nitrogen and oxygen atoms in total. The molecule has 0 spiro atoms. The van der Waals surface area contributed by atoms with Gasteiger partial charge in [-0.3, -0.25) is 4.99 Å². The fourth-order valence-corrected chi connectivity index (χ4v) is 2.27. The van der Waals surface area contributed by atoms with Gasteiger partial charge in [0.1, 0.15) is 0 Å². The van der Waals surface area contributed by atoms with Gasteiger partial charge < -0.3 is 15.5 Å². The lowest BCUT2D eigenvalue weighted by atomic mass is 10.2. The van der Waals surface area contributed by atoms with Crippen molar-refractivity contribution < 1.29 is 0 Å². The minimum atomic E-state index is 0. The van der Waals surface area contributed by atoms with Gasteiger partial charge in [-0.1, -0.05) is 30.3 Å². The van der Waals surface area contributed by atoms with Crippen LogP contribution in [0.3, 0.4) is 0 Å². The number of aliphatic imine (C=N–C) groups is 1. The van der Waals surface area contributed by atoms with Gasteiger partial charge in [-0.15, -0.1) is 24.0 Å². The molecule has 0 atom stereocenters. The zero-order valence-corrected chi connectivity index (χ0v) is 15.4. The van der Waals surface area contributed by atoms with E-state index in [4.69, 9.17) is 5.73 Å². The molecular formula is C16H27IN4. The Labute approximate surface area is 145 Å². The highest BCUT2D eigenvalue weighted by atomic mass is 127. The van der Waals surface area contributed by atoms with Crippen molar-refractivity contribution in [3.63, 3.8) is 0 Å². The van der Waals surface area contributed by atoms with Crippen molar-refractivity contribution >= 4 is 29.9 Å². The van der Waals surface area contributed by atoms with Gasteiger partial charge in [-0.2, -0.15) is 0 Å². The van der Waals surface area contributed by atoms with E-state index in [-0.39, 0.29) is 24.0 Å². The average molecular weight is 402 g/mol. The lowest BCUT2D eigenvalue weighted by molar-refractivity contribution is 0.324. The van der Waals surface area contributed by atoms with Crippen molar-refractivity contribution in [2.24, 2.45) is 10.7 Å². The number of rotatable bonds is 7. The second-order valence-corrected chi connectivity index (χ2v) is 5.66.